The first-order valence-electron chi connectivity index (χ1n) is 3.45. The van der Waals surface area contributed by atoms with E-state index in [1.807, 2.05) is 0 Å². The molecule has 1 aromatic rings. The molecule has 0 aromatic heterocycles. The standard InChI is InChI=1S/C8H6Cl3NO/c9-5-3-1-2-4-6(5)12-8(13)7(10)11/h1-4,7H,(H,12,13). The van der Waals surface area contributed by atoms with Crippen molar-refractivity contribution in [2.24, 2.45) is 0 Å². The van der Waals surface area contributed by atoms with E-state index in [0.29, 0.717) is 10.7 Å². The van der Waals surface area contributed by atoms with Crippen molar-refractivity contribution in [3.63, 3.8) is 0 Å². The van der Waals surface area contributed by atoms with Gasteiger partial charge in [0, 0.05) is 0 Å². The molecule has 1 aromatic carbocycles. The fourth-order valence-corrected chi connectivity index (χ4v) is 1.04. The van der Waals surface area contributed by atoms with Gasteiger partial charge in [-0.3, -0.25) is 4.79 Å². The zero-order valence-corrected chi connectivity index (χ0v) is 8.70. The maximum absolute atomic E-state index is 11.0. The lowest BCUT2D eigenvalue weighted by atomic mass is 10.3. The lowest BCUT2D eigenvalue weighted by Gasteiger charge is -2.06. The summed E-state index contributed by atoms with van der Waals surface area (Å²) in [6, 6.07) is 6.83. The van der Waals surface area contributed by atoms with Crippen LogP contribution in [-0.2, 0) is 4.79 Å². The molecule has 1 N–H and O–H groups in total. The van der Waals surface area contributed by atoms with Gasteiger partial charge >= 0.3 is 0 Å². The minimum Gasteiger partial charge on any atom is -0.322 e. The van der Waals surface area contributed by atoms with Crippen molar-refractivity contribution in [3.8, 4) is 0 Å². The van der Waals surface area contributed by atoms with Gasteiger partial charge in [0.25, 0.3) is 5.91 Å². The molecule has 0 aliphatic heterocycles. The molecule has 13 heavy (non-hydrogen) atoms. The first-order chi connectivity index (χ1) is 6.11. The van der Waals surface area contributed by atoms with E-state index in [1.54, 1.807) is 24.3 Å². The zero-order valence-electron chi connectivity index (χ0n) is 6.43. The van der Waals surface area contributed by atoms with Crippen LogP contribution in [-0.4, -0.2) is 10.7 Å². The predicted molar refractivity (Wildman–Crippen MR) is 55.6 cm³/mol. The Kier molecular flexibility index (Phi) is 3.85. The Balaban J connectivity index is 2.75. The second-order valence-electron chi connectivity index (χ2n) is 2.27. The quantitative estimate of drug-likeness (QED) is 0.788. The van der Waals surface area contributed by atoms with Gasteiger partial charge in [0.1, 0.15) is 0 Å². The summed E-state index contributed by atoms with van der Waals surface area (Å²) in [6.45, 7) is 0. The number of hydrogen-bond acceptors (Lipinski definition) is 1. The van der Waals surface area contributed by atoms with Gasteiger partial charge < -0.3 is 5.32 Å². The van der Waals surface area contributed by atoms with Crippen LogP contribution in [0.5, 0.6) is 0 Å². The maximum Gasteiger partial charge on any atom is 0.257 e. The summed E-state index contributed by atoms with van der Waals surface area (Å²) in [4.78, 5) is 9.94. The largest absolute Gasteiger partial charge is 0.322 e. The van der Waals surface area contributed by atoms with E-state index >= 15 is 0 Å². The Morgan fingerprint density at radius 2 is 1.92 bits per heavy atom. The van der Waals surface area contributed by atoms with Crippen LogP contribution in [0.4, 0.5) is 5.69 Å². The van der Waals surface area contributed by atoms with Crippen molar-refractivity contribution < 1.29 is 4.79 Å². The second kappa shape index (κ2) is 4.70. The Hall–Kier alpha value is -0.440. The van der Waals surface area contributed by atoms with Gasteiger partial charge in [0.2, 0.25) is 0 Å². The minimum absolute atomic E-state index is 0.449. The third-order valence-electron chi connectivity index (χ3n) is 1.33. The first kappa shape index (κ1) is 10.6. The molecule has 0 radical (unpaired) electrons. The van der Waals surface area contributed by atoms with E-state index in [9.17, 15) is 4.79 Å². The number of para-hydroxylation sites is 1. The number of carbonyl (C=O) groups excluding carboxylic acids is 1. The Labute approximate surface area is 90.8 Å². The summed E-state index contributed by atoms with van der Waals surface area (Å²) in [5.41, 5.74) is 0.500. The lowest BCUT2D eigenvalue weighted by Crippen LogP contribution is -2.18. The molecule has 1 rings (SSSR count). The molecular weight excluding hydrogens is 232 g/mol. The van der Waals surface area contributed by atoms with Gasteiger partial charge in [-0.2, -0.15) is 0 Å². The van der Waals surface area contributed by atoms with Crippen molar-refractivity contribution in [3.05, 3.63) is 29.3 Å². The van der Waals surface area contributed by atoms with Gasteiger partial charge in [-0.1, -0.05) is 46.9 Å². The molecule has 5 heteroatoms. The van der Waals surface area contributed by atoms with Gasteiger partial charge in [0.05, 0.1) is 10.7 Å². The van der Waals surface area contributed by atoms with E-state index < -0.39 is 10.7 Å². The minimum atomic E-state index is -1.09. The number of carbonyl (C=O) groups is 1. The molecule has 0 fully saturated rings. The number of rotatable bonds is 2. The monoisotopic (exact) mass is 237 g/mol. The summed E-state index contributed by atoms with van der Waals surface area (Å²) >= 11 is 16.5. The summed E-state index contributed by atoms with van der Waals surface area (Å²) in [5, 5.41) is 2.92. The van der Waals surface area contributed by atoms with Crippen LogP contribution in [0.3, 0.4) is 0 Å². The van der Waals surface area contributed by atoms with E-state index in [-0.39, 0.29) is 0 Å². The van der Waals surface area contributed by atoms with Crippen LogP contribution in [0.15, 0.2) is 24.3 Å². The molecule has 0 saturated heterocycles. The number of alkyl halides is 2. The maximum atomic E-state index is 11.0. The molecule has 0 bridgehead atoms. The molecule has 0 saturated carbocycles. The molecule has 1 amide bonds. The van der Waals surface area contributed by atoms with Gasteiger partial charge in [-0.05, 0) is 12.1 Å². The molecule has 0 spiro atoms. The summed E-state index contributed by atoms with van der Waals surface area (Å²) in [7, 11) is 0. The normalized spacial score (nSPS) is 10.2. The van der Waals surface area contributed by atoms with Gasteiger partial charge in [0.15, 0.2) is 4.84 Å². The molecule has 0 heterocycles. The predicted octanol–water partition coefficient (Wildman–Crippen LogP) is 3.08. The van der Waals surface area contributed by atoms with Crippen molar-refractivity contribution in [1.29, 1.82) is 0 Å². The SMILES string of the molecule is O=C(Nc1ccccc1Cl)C(Cl)Cl. The fraction of sp³-hybridized carbons (Fsp3) is 0.125. The van der Waals surface area contributed by atoms with Crippen molar-refractivity contribution in [2.75, 3.05) is 5.32 Å². The number of amides is 1. The Morgan fingerprint density at radius 3 is 2.46 bits per heavy atom. The number of halogens is 3. The van der Waals surface area contributed by atoms with E-state index in [2.05, 4.69) is 5.32 Å². The molecule has 0 unspecified atom stereocenters. The zero-order chi connectivity index (χ0) is 9.84. The molecule has 70 valence electrons. The smallest absolute Gasteiger partial charge is 0.257 e. The van der Waals surface area contributed by atoms with Crippen LogP contribution in [0.25, 0.3) is 0 Å². The highest BCUT2D eigenvalue weighted by molar-refractivity contribution is 6.54. The average molecular weight is 239 g/mol. The highest BCUT2D eigenvalue weighted by atomic mass is 35.5. The highest BCUT2D eigenvalue weighted by Gasteiger charge is 2.12. The Morgan fingerprint density at radius 1 is 1.31 bits per heavy atom. The third kappa shape index (κ3) is 3.07. The third-order valence-corrected chi connectivity index (χ3v) is 2.06. The van der Waals surface area contributed by atoms with Gasteiger partial charge in [-0.25, -0.2) is 0 Å². The number of nitrogens with one attached hydrogen (secondary N) is 1. The second-order valence-corrected chi connectivity index (χ2v) is 3.77. The molecular formula is C8H6Cl3NO. The molecule has 0 aliphatic carbocycles. The first-order valence-corrected chi connectivity index (χ1v) is 4.70. The van der Waals surface area contributed by atoms with Crippen molar-refractivity contribution >= 4 is 46.4 Å². The number of benzene rings is 1. The van der Waals surface area contributed by atoms with Crippen LogP contribution < -0.4 is 5.32 Å². The van der Waals surface area contributed by atoms with Crippen LogP contribution in [0.2, 0.25) is 5.02 Å². The van der Waals surface area contributed by atoms with Crippen LogP contribution >= 0.6 is 34.8 Å². The number of hydrogen-bond donors (Lipinski definition) is 1. The van der Waals surface area contributed by atoms with Crippen LogP contribution in [0, 0.1) is 0 Å². The van der Waals surface area contributed by atoms with E-state index in [4.69, 9.17) is 34.8 Å². The fourth-order valence-electron chi connectivity index (χ4n) is 0.750. The van der Waals surface area contributed by atoms with E-state index in [1.165, 1.54) is 0 Å². The topological polar surface area (TPSA) is 29.1 Å². The van der Waals surface area contributed by atoms with Crippen molar-refractivity contribution in [1.82, 2.24) is 0 Å². The molecule has 2 nitrogen and oxygen atoms in total. The van der Waals surface area contributed by atoms with Gasteiger partial charge in [-0.15, -0.1) is 0 Å². The summed E-state index contributed by atoms with van der Waals surface area (Å²) < 4.78 is 0. The Bertz CT molecular complexity index is 314. The molecule has 0 aliphatic rings. The number of anilines is 1. The summed E-state index contributed by atoms with van der Waals surface area (Å²) in [5.74, 6) is -0.489. The van der Waals surface area contributed by atoms with E-state index in [0.717, 1.165) is 0 Å². The lowest BCUT2D eigenvalue weighted by molar-refractivity contribution is -0.114. The average Bonchev–Trinajstić information content (AvgIpc) is 2.08. The van der Waals surface area contributed by atoms with Crippen LogP contribution in [0.1, 0.15) is 0 Å². The van der Waals surface area contributed by atoms with Crippen molar-refractivity contribution in [2.45, 2.75) is 4.84 Å². The summed E-state index contributed by atoms with van der Waals surface area (Å²) in [6.07, 6.45) is 0. The highest BCUT2D eigenvalue weighted by Crippen LogP contribution is 2.21. The molecule has 0 atom stereocenters.